The van der Waals surface area contributed by atoms with Gasteiger partial charge in [0, 0.05) is 52.4 Å². The summed E-state index contributed by atoms with van der Waals surface area (Å²) >= 11 is 2.16. The third kappa shape index (κ3) is 7.50. The number of nitrogens with zero attached hydrogens (tertiary/aromatic N) is 4. The molecule has 0 saturated carbocycles. The molecule has 0 radical (unpaired) electrons. The summed E-state index contributed by atoms with van der Waals surface area (Å²) in [6.07, 6.45) is 57.8. The van der Waals surface area contributed by atoms with Crippen molar-refractivity contribution in [3.8, 4) is 0 Å². The molecule has 0 bridgehead atoms. The van der Waals surface area contributed by atoms with E-state index >= 15 is 0 Å². The van der Waals surface area contributed by atoms with Crippen LogP contribution >= 0.6 is 11.8 Å². The van der Waals surface area contributed by atoms with Crippen LogP contribution < -0.4 is 4.90 Å². The van der Waals surface area contributed by atoms with Gasteiger partial charge in [-0.3, -0.25) is 0 Å². The number of thioether (sulfide) groups is 1. The Morgan fingerprint density at radius 2 is 1.54 bits per heavy atom. The van der Waals surface area contributed by atoms with Crippen molar-refractivity contribution in [2.45, 2.75) is 74.5 Å². The largest absolute Gasteiger partial charge is 0.336 e. The molecule has 9 atom stereocenters. The Bertz CT molecular complexity index is 3070. The molecule has 1 saturated heterocycles. The van der Waals surface area contributed by atoms with Crippen LogP contribution in [0.4, 0.5) is 5.69 Å². The molecule has 0 spiro atoms. The van der Waals surface area contributed by atoms with Gasteiger partial charge in [0.15, 0.2) is 5.84 Å². The molecular weight excluding hydrogens is 869 g/mol. The van der Waals surface area contributed by atoms with Crippen molar-refractivity contribution in [3.05, 3.63) is 256 Å². The first-order valence-corrected chi connectivity index (χ1v) is 27.1. The van der Waals surface area contributed by atoms with Crippen LogP contribution in [0.15, 0.2) is 260 Å². The van der Waals surface area contributed by atoms with Gasteiger partial charge < -0.3 is 9.80 Å². The predicted molar refractivity (Wildman–Crippen MR) is 294 cm³/mol. The van der Waals surface area contributed by atoms with E-state index in [1.807, 2.05) is 0 Å². The Hall–Kier alpha value is -6.43. The molecule has 4 nitrogen and oxygen atoms in total. The van der Waals surface area contributed by atoms with E-state index in [2.05, 4.69) is 211 Å². The first-order valence-electron chi connectivity index (χ1n) is 26.1. The van der Waals surface area contributed by atoms with E-state index in [0.29, 0.717) is 34.2 Å². The fourth-order valence-electron chi connectivity index (χ4n) is 13.5. The van der Waals surface area contributed by atoms with Gasteiger partial charge in [-0.15, -0.1) is 11.8 Å². The third-order valence-electron chi connectivity index (χ3n) is 16.8. The van der Waals surface area contributed by atoms with Crippen LogP contribution in [0.5, 0.6) is 0 Å². The maximum Gasteiger partial charge on any atom is 0.154 e. The standard InChI is InChI=1S/C65H62N4S/c1-42-49(54-41-47(43-21-8-3-9-22-43)35-36-50(54)44-23-10-4-11-24-44)37-38-52(59(42)65-67-63(45-25-12-5-13-26-45)66-64(68(65)2)46-27-14-6-15-28-46)51-32-20-34-57-61(51)62-58(70-57)40-39-56-60(62)53-31-18-19-33-55(53)69(56)48-29-16-7-17-30-48/h4,6-8,10-11,14-23,25,27-30,32-35,37-41,44,50,53,57-59,61-62,64H,1,3,5,9,12-13,24,26,31,36H2,2H3/t44-,50?,53?,57?,58?,59?,61?,62?,64?/m1/s1. The van der Waals surface area contributed by atoms with E-state index in [0.717, 1.165) is 62.2 Å². The molecule has 8 unspecified atom stereocenters. The van der Waals surface area contributed by atoms with E-state index in [4.69, 9.17) is 16.6 Å². The summed E-state index contributed by atoms with van der Waals surface area (Å²) in [7, 11) is 2.24. The molecule has 1 fully saturated rings. The number of benzene rings is 2. The average Bonchev–Trinajstić information content (AvgIpc) is 3.98. The smallest absolute Gasteiger partial charge is 0.154 e. The summed E-state index contributed by atoms with van der Waals surface area (Å²) in [5.41, 5.74) is 17.4. The van der Waals surface area contributed by atoms with Gasteiger partial charge in [-0.25, -0.2) is 9.98 Å². The molecule has 2 aromatic carbocycles. The third-order valence-corrected chi connectivity index (χ3v) is 18.4. The average molecular weight is 931 g/mol. The second-order valence-corrected chi connectivity index (χ2v) is 22.1. The van der Waals surface area contributed by atoms with Crippen LogP contribution in [0.3, 0.4) is 0 Å². The van der Waals surface area contributed by atoms with E-state index in [9.17, 15) is 0 Å². The van der Waals surface area contributed by atoms with Crippen molar-refractivity contribution in [1.29, 1.82) is 0 Å². The van der Waals surface area contributed by atoms with Crippen LogP contribution in [-0.2, 0) is 0 Å². The summed E-state index contributed by atoms with van der Waals surface area (Å²) in [4.78, 5) is 16.3. The Morgan fingerprint density at radius 3 is 2.36 bits per heavy atom. The quantitative estimate of drug-likeness (QED) is 0.264. The van der Waals surface area contributed by atoms with Crippen molar-refractivity contribution in [3.63, 3.8) is 0 Å². The molecule has 11 aliphatic rings. The number of amidine groups is 2. The zero-order chi connectivity index (χ0) is 46.7. The Labute approximate surface area is 419 Å². The second kappa shape index (κ2) is 18.4. The lowest BCUT2D eigenvalue weighted by atomic mass is 9.64. The first-order chi connectivity index (χ1) is 34.6. The molecule has 13 rings (SSSR count). The molecular formula is C65H62N4S. The first kappa shape index (κ1) is 43.6. The van der Waals surface area contributed by atoms with Crippen molar-refractivity contribution >= 4 is 29.1 Å². The highest BCUT2D eigenvalue weighted by Crippen LogP contribution is 2.62. The molecule has 2 aromatic rings. The van der Waals surface area contributed by atoms with Gasteiger partial charge in [0.05, 0.1) is 5.92 Å². The Balaban J connectivity index is 0.979. The lowest BCUT2D eigenvalue weighted by Crippen LogP contribution is -2.43. The van der Waals surface area contributed by atoms with Crippen LogP contribution in [0.2, 0.25) is 0 Å². The molecule has 5 heteroatoms. The van der Waals surface area contributed by atoms with Crippen LogP contribution in [0.1, 0.15) is 69.5 Å². The predicted octanol–water partition coefficient (Wildman–Crippen LogP) is 15.3. The molecule has 70 heavy (non-hydrogen) atoms. The van der Waals surface area contributed by atoms with Gasteiger partial charge in [0.1, 0.15) is 12.0 Å². The summed E-state index contributed by atoms with van der Waals surface area (Å²) < 4.78 is 0. The van der Waals surface area contributed by atoms with Crippen molar-refractivity contribution in [2.24, 2.45) is 45.5 Å². The number of hydrogen-bond donors (Lipinski definition) is 0. The number of rotatable bonds is 8. The maximum atomic E-state index is 5.81. The maximum absolute atomic E-state index is 5.81. The molecule has 0 amide bonds. The lowest BCUT2D eigenvalue weighted by Gasteiger charge is -2.42. The van der Waals surface area contributed by atoms with Crippen molar-refractivity contribution in [1.82, 2.24) is 4.90 Å². The molecule has 0 aromatic heterocycles. The van der Waals surface area contributed by atoms with Gasteiger partial charge in [-0.05, 0) is 150 Å². The molecule has 348 valence electrons. The molecule has 3 heterocycles. The summed E-state index contributed by atoms with van der Waals surface area (Å²) in [6.45, 7) is 5.29. The molecule has 3 aliphatic heterocycles. The van der Waals surface area contributed by atoms with Crippen LogP contribution in [-0.4, -0.2) is 34.1 Å². The van der Waals surface area contributed by atoms with Gasteiger partial charge >= 0.3 is 0 Å². The Morgan fingerprint density at radius 1 is 0.686 bits per heavy atom. The van der Waals surface area contributed by atoms with E-state index in [1.54, 1.807) is 5.57 Å². The zero-order valence-corrected chi connectivity index (χ0v) is 41.1. The number of anilines is 1. The molecule has 8 aliphatic carbocycles. The number of fused-ring (bicyclic) bond motifs is 6. The highest BCUT2D eigenvalue weighted by molar-refractivity contribution is 8.01. The monoisotopic (exact) mass is 930 g/mol. The van der Waals surface area contributed by atoms with Gasteiger partial charge in [-0.2, -0.15) is 0 Å². The SMILES string of the molecule is C=C1C(C2=CC(C3=CCCC=C3)=CCC2[C@@H]2C=CC=CC2)=CC=C(C2=CC=CC3SC4C=CC5=C(C6CC=CC=C6N5c5ccccc5)C4C23)C1C1=NC(C2=CCCCC2)=NC(c2ccccc2)N1C. The van der Waals surface area contributed by atoms with Crippen LogP contribution in [0.25, 0.3) is 0 Å². The fourth-order valence-corrected chi connectivity index (χ4v) is 15.2. The topological polar surface area (TPSA) is 31.2 Å². The number of hydrogen-bond acceptors (Lipinski definition) is 5. The summed E-state index contributed by atoms with van der Waals surface area (Å²) in [6, 6.07) is 22.0. The second-order valence-electron chi connectivity index (χ2n) is 20.7. The fraction of sp³-hybridized carbons (Fsp3) is 0.292. The highest BCUT2D eigenvalue weighted by atomic mass is 32.2. The zero-order valence-electron chi connectivity index (χ0n) is 40.3. The minimum atomic E-state index is -0.210. The summed E-state index contributed by atoms with van der Waals surface area (Å²) in [5, 5.41) is 0.727. The summed E-state index contributed by atoms with van der Waals surface area (Å²) in [5.74, 6) is 3.47. The lowest BCUT2D eigenvalue weighted by molar-refractivity contribution is 0.367. The van der Waals surface area contributed by atoms with Crippen molar-refractivity contribution in [2.75, 3.05) is 11.9 Å². The van der Waals surface area contributed by atoms with E-state index in [1.165, 1.54) is 74.5 Å². The highest BCUT2D eigenvalue weighted by Gasteiger charge is 2.54. The van der Waals surface area contributed by atoms with Crippen LogP contribution in [0, 0.1) is 35.5 Å². The normalized spacial score (nSPS) is 31.8. The van der Waals surface area contributed by atoms with Crippen molar-refractivity contribution < 1.29 is 0 Å². The van der Waals surface area contributed by atoms with E-state index in [-0.39, 0.29) is 18.0 Å². The number of para-hydroxylation sites is 1. The molecule has 0 N–H and O–H groups in total. The minimum absolute atomic E-state index is 0.190. The minimum Gasteiger partial charge on any atom is -0.336 e. The number of allylic oxidation sites excluding steroid dienone is 24. The van der Waals surface area contributed by atoms with E-state index < -0.39 is 0 Å². The Kier molecular flexibility index (Phi) is 11.4. The number of aliphatic imine (C=N–C) groups is 2. The van der Waals surface area contributed by atoms with Gasteiger partial charge in [0.2, 0.25) is 0 Å². The van der Waals surface area contributed by atoms with Gasteiger partial charge in [-0.1, -0.05) is 164 Å². The van der Waals surface area contributed by atoms with Gasteiger partial charge in [0.25, 0.3) is 0 Å².